The molecule has 2 aromatic carbocycles. The van der Waals surface area contributed by atoms with Crippen LogP contribution in [-0.2, 0) is 0 Å². The lowest BCUT2D eigenvalue weighted by Gasteiger charge is -2.35. The Kier molecular flexibility index (Phi) is 4.44. The molecule has 3 rings (SSSR count). The minimum Gasteiger partial charge on any atom is -0.508 e. The van der Waals surface area contributed by atoms with E-state index in [0.29, 0.717) is 5.75 Å². The molecule has 1 fully saturated rings. The molecule has 0 bridgehead atoms. The molecule has 21 heavy (non-hydrogen) atoms. The maximum Gasteiger partial charge on any atom is 0.115 e. The molecule has 0 amide bonds. The maximum absolute atomic E-state index is 9.51. The molecule has 3 nitrogen and oxygen atoms in total. The minimum absolute atomic E-state index is 0.199. The summed E-state index contributed by atoms with van der Waals surface area (Å²) in [6.07, 6.45) is 0. The molecule has 4 heteroatoms. The molecule has 1 heterocycles. The van der Waals surface area contributed by atoms with E-state index < -0.39 is 0 Å². The van der Waals surface area contributed by atoms with Gasteiger partial charge in [0.05, 0.1) is 6.04 Å². The summed E-state index contributed by atoms with van der Waals surface area (Å²) in [5, 5.41) is 13.7. The Labute approximate surface area is 130 Å². The Morgan fingerprint density at radius 2 is 1.43 bits per heavy atom. The first-order chi connectivity index (χ1) is 10.2. The van der Waals surface area contributed by atoms with Gasteiger partial charge in [0, 0.05) is 31.2 Å². The van der Waals surface area contributed by atoms with Gasteiger partial charge in [-0.2, -0.15) is 0 Å². The van der Waals surface area contributed by atoms with Gasteiger partial charge in [0.15, 0.2) is 0 Å². The highest BCUT2D eigenvalue weighted by Crippen LogP contribution is 2.30. The molecule has 2 N–H and O–H groups in total. The van der Waals surface area contributed by atoms with Crippen molar-refractivity contribution < 1.29 is 5.11 Å². The van der Waals surface area contributed by atoms with Gasteiger partial charge in [0.25, 0.3) is 0 Å². The van der Waals surface area contributed by atoms with Crippen LogP contribution in [0, 0.1) is 0 Å². The van der Waals surface area contributed by atoms with Crippen LogP contribution >= 0.6 is 11.6 Å². The van der Waals surface area contributed by atoms with Crippen molar-refractivity contribution in [2.45, 2.75) is 6.04 Å². The highest BCUT2D eigenvalue weighted by Gasteiger charge is 2.23. The van der Waals surface area contributed by atoms with Gasteiger partial charge >= 0.3 is 0 Å². The van der Waals surface area contributed by atoms with Crippen molar-refractivity contribution in [2.24, 2.45) is 0 Å². The lowest BCUT2D eigenvalue weighted by atomic mass is 9.96. The molecule has 1 aliphatic heterocycles. The Hall–Kier alpha value is -1.55. The summed E-state index contributed by atoms with van der Waals surface area (Å²) in [5.74, 6) is 0.300. The number of hydrogen-bond acceptors (Lipinski definition) is 3. The number of aromatic hydroxyl groups is 1. The minimum atomic E-state index is 0.199. The average molecular weight is 303 g/mol. The number of phenols is 1. The Morgan fingerprint density at radius 3 is 2.00 bits per heavy atom. The molecule has 110 valence electrons. The van der Waals surface area contributed by atoms with E-state index >= 15 is 0 Å². The van der Waals surface area contributed by atoms with Crippen LogP contribution in [0.2, 0.25) is 5.02 Å². The second-order valence-electron chi connectivity index (χ2n) is 5.33. The molecule has 2 aromatic rings. The van der Waals surface area contributed by atoms with E-state index in [-0.39, 0.29) is 6.04 Å². The number of rotatable bonds is 3. The molecule has 1 unspecified atom stereocenters. The first kappa shape index (κ1) is 14.4. The van der Waals surface area contributed by atoms with Crippen molar-refractivity contribution in [2.75, 3.05) is 26.2 Å². The van der Waals surface area contributed by atoms with Gasteiger partial charge in [0.2, 0.25) is 0 Å². The number of phenolic OH excluding ortho intramolecular Hbond substituents is 1. The first-order valence-corrected chi connectivity index (χ1v) is 7.61. The van der Waals surface area contributed by atoms with Gasteiger partial charge in [-0.05, 0) is 35.4 Å². The van der Waals surface area contributed by atoms with Crippen LogP contribution in [0.4, 0.5) is 0 Å². The standard InChI is InChI=1S/C17H19ClN2O/c18-15-5-1-13(2-6-15)17(20-11-9-19-10-12-20)14-3-7-16(21)8-4-14/h1-8,17,19,21H,9-12H2. The summed E-state index contributed by atoms with van der Waals surface area (Å²) in [7, 11) is 0. The largest absolute Gasteiger partial charge is 0.508 e. The molecule has 0 spiro atoms. The Bertz CT molecular complexity index is 531. The van der Waals surface area contributed by atoms with Gasteiger partial charge in [0.1, 0.15) is 5.75 Å². The number of piperazine rings is 1. The van der Waals surface area contributed by atoms with Gasteiger partial charge in [-0.15, -0.1) is 0 Å². The highest BCUT2D eigenvalue weighted by atomic mass is 35.5. The van der Waals surface area contributed by atoms with Crippen LogP contribution in [0.3, 0.4) is 0 Å². The molecule has 1 saturated heterocycles. The summed E-state index contributed by atoms with van der Waals surface area (Å²) < 4.78 is 0. The van der Waals surface area contributed by atoms with Crippen molar-refractivity contribution in [3.63, 3.8) is 0 Å². The van der Waals surface area contributed by atoms with Crippen LogP contribution in [0.15, 0.2) is 48.5 Å². The van der Waals surface area contributed by atoms with E-state index in [2.05, 4.69) is 22.3 Å². The van der Waals surface area contributed by atoms with E-state index in [9.17, 15) is 5.11 Å². The number of nitrogens with zero attached hydrogens (tertiary/aromatic N) is 1. The number of hydrogen-bond donors (Lipinski definition) is 2. The molecule has 0 aromatic heterocycles. The fourth-order valence-electron chi connectivity index (χ4n) is 2.86. The third kappa shape index (κ3) is 3.38. The molecule has 1 atom stereocenters. The summed E-state index contributed by atoms with van der Waals surface area (Å²) in [4.78, 5) is 2.46. The smallest absolute Gasteiger partial charge is 0.115 e. The van der Waals surface area contributed by atoms with E-state index in [1.54, 1.807) is 12.1 Å². The van der Waals surface area contributed by atoms with Crippen LogP contribution in [0.5, 0.6) is 5.75 Å². The predicted molar refractivity (Wildman–Crippen MR) is 85.8 cm³/mol. The zero-order chi connectivity index (χ0) is 14.7. The molecular weight excluding hydrogens is 284 g/mol. The normalized spacial score (nSPS) is 17.6. The van der Waals surface area contributed by atoms with Crippen molar-refractivity contribution in [3.8, 4) is 5.75 Å². The van der Waals surface area contributed by atoms with Crippen LogP contribution in [0.1, 0.15) is 17.2 Å². The predicted octanol–water partition coefficient (Wildman–Crippen LogP) is 3.04. The van der Waals surface area contributed by atoms with Crippen LogP contribution in [-0.4, -0.2) is 36.2 Å². The number of benzene rings is 2. The monoisotopic (exact) mass is 302 g/mol. The first-order valence-electron chi connectivity index (χ1n) is 7.23. The molecule has 0 saturated carbocycles. The van der Waals surface area contributed by atoms with Gasteiger partial charge in [-0.25, -0.2) is 0 Å². The summed E-state index contributed by atoms with van der Waals surface area (Å²) in [5.41, 5.74) is 2.42. The van der Waals surface area contributed by atoms with Gasteiger partial charge < -0.3 is 10.4 Å². The quantitative estimate of drug-likeness (QED) is 0.915. The summed E-state index contributed by atoms with van der Waals surface area (Å²) in [6.45, 7) is 4.02. The molecule has 0 radical (unpaired) electrons. The van der Waals surface area contributed by atoms with Crippen molar-refractivity contribution in [3.05, 3.63) is 64.7 Å². The van der Waals surface area contributed by atoms with E-state index in [1.807, 2.05) is 24.3 Å². The van der Waals surface area contributed by atoms with Gasteiger partial charge in [-0.3, -0.25) is 4.90 Å². The van der Waals surface area contributed by atoms with Crippen molar-refractivity contribution in [1.82, 2.24) is 10.2 Å². The summed E-state index contributed by atoms with van der Waals surface area (Å²) in [6, 6.07) is 15.7. The second-order valence-corrected chi connectivity index (χ2v) is 5.77. The second kappa shape index (κ2) is 6.48. The third-order valence-corrected chi connectivity index (χ3v) is 4.16. The van der Waals surface area contributed by atoms with E-state index in [1.165, 1.54) is 11.1 Å². The third-order valence-electron chi connectivity index (χ3n) is 3.91. The number of nitrogens with one attached hydrogen (secondary N) is 1. The molecule has 1 aliphatic rings. The zero-order valence-electron chi connectivity index (χ0n) is 11.8. The van der Waals surface area contributed by atoms with E-state index in [4.69, 9.17) is 11.6 Å². The number of halogens is 1. The topological polar surface area (TPSA) is 35.5 Å². The fraction of sp³-hybridized carbons (Fsp3) is 0.294. The van der Waals surface area contributed by atoms with Crippen LogP contribution < -0.4 is 5.32 Å². The van der Waals surface area contributed by atoms with E-state index in [0.717, 1.165) is 31.2 Å². The van der Waals surface area contributed by atoms with Crippen molar-refractivity contribution in [1.29, 1.82) is 0 Å². The average Bonchev–Trinajstić information content (AvgIpc) is 2.52. The lowest BCUT2D eigenvalue weighted by molar-refractivity contribution is 0.198. The Balaban J connectivity index is 1.97. The SMILES string of the molecule is Oc1ccc(C(c2ccc(Cl)cc2)N2CCNCC2)cc1. The maximum atomic E-state index is 9.51. The summed E-state index contributed by atoms with van der Waals surface area (Å²) >= 11 is 6.01. The fourth-order valence-corrected chi connectivity index (χ4v) is 2.98. The van der Waals surface area contributed by atoms with Crippen molar-refractivity contribution >= 4 is 11.6 Å². The van der Waals surface area contributed by atoms with Crippen LogP contribution in [0.25, 0.3) is 0 Å². The lowest BCUT2D eigenvalue weighted by Crippen LogP contribution is -2.45. The molecular formula is C17H19ClN2O. The van der Waals surface area contributed by atoms with Gasteiger partial charge in [-0.1, -0.05) is 35.9 Å². The Morgan fingerprint density at radius 1 is 0.905 bits per heavy atom. The zero-order valence-corrected chi connectivity index (χ0v) is 12.6. The highest BCUT2D eigenvalue weighted by molar-refractivity contribution is 6.30. The molecule has 0 aliphatic carbocycles.